The zero-order valence-electron chi connectivity index (χ0n) is 14.1. The zero-order chi connectivity index (χ0) is 18.0. The predicted octanol–water partition coefficient (Wildman–Crippen LogP) is 3.54. The molecule has 0 unspecified atom stereocenters. The average molecular weight is 358 g/mol. The van der Waals surface area contributed by atoms with Crippen LogP contribution in [-0.4, -0.2) is 18.6 Å². The van der Waals surface area contributed by atoms with Gasteiger partial charge >= 0.3 is 0 Å². The predicted molar refractivity (Wildman–Crippen MR) is 95.5 cm³/mol. The maximum absolute atomic E-state index is 12.6. The van der Waals surface area contributed by atoms with Crippen LogP contribution in [0.4, 0.5) is 17.3 Å². The first-order chi connectivity index (χ1) is 11.8. The summed E-state index contributed by atoms with van der Waals surface area (Å²) in [6.45, 7) is 5.40. The third kappa shape index (κ3) is 3.97. The molecule has 0 amide bonds. The maximum Gasteiger partial charge on any atom is 0.262 e. The highest BCUT2D eigenvalue weighted by atomic mass is 32.2. The van der Waals surface area contributed by atoms with Gasteiger partial charge in [-0.1, -0.05) is 17.3 Å². The van der Waals surface area contributed by atoms with Crippen molar-refractivity contribution < 1.29 is 12.9 Å². The monoisotopic (exact) mass is 358 g/mol. The molecule has 130 valence electrons. The van der Waals surface area contributed by atoms with Gasteiger partial charge in [0.2, 0.25) is 0 Å². The second-order valence-corrected chi connectivity index (χ2v) is 7.41. The van der Waals surface area contributed by atoms with Crippen molar-refractivity contribution in [3.63, 3.8) is 0 Å². The Hall–Kier alpha value is -2.87. The normalized spacial score (nSPS) is 11.3. The minimum Gasteiger partial charge on any atom is -0.360 e. The zero-order valence-corrected chi connectivity index (χ0v) is 14.9. The number of aryl methyl sites for hydroxylation is 3. The molecular weight excluding hydrogens is 340 g/mol. The van der Waals surface area contributed by atoms with E-state index in [1.165, 1.54) is 6.20 Å². The lowest BCUT2D eigenvalue weighted by Gasteiger charge is -2.11. The lowest BCUT2D eigenvalue weighted by molar-refractivity contribution is 0.400. The Morgan fingerprint density at radius 1 is 1.00 bits per heavy atom. The molecule has 0 saturated carbocycles. The van der Waals surface area contributed by atoms with E-state index in [0.717, 1.165) is 5.56 Å². The van der Waals surface area contributed by atoms with Crippen molar-refractivity contribution in [1.29, 1.82) is 0 Å². The van der Waals surface area contributed by atoms with E-state index < -0.39 is 10.0 Å². The van der Waals surface area contributed by atoms with Crippen LogP contribution in [0.25, 0.3) is 0 Å². The highest BCUT2D eigenvalue weighted by Gasteiger charge is 2.17. The summed E-state index contributed by atoms with van der Waals surface area (Å²) >= 11 is 0. The summed E-state index contributed by atoms with van der Waals surface area (Å²) < 4.78 is 32.7. The number of aromatic nitrogens is 2. The van der Waals surface area contributed by atoms with E-state index in [1.807, 2.05) is 13.0 Å². The molecule has 2 heterocycles. The summed E-state index contributed by atoms with van der Waals surface area (Å²) in [6, 6.07) is 10.3. The molecule has 0 aliphatic carbocycles. The number of nitrogens with one attached hydrogen (secondary N) is 2. The fraction of sp³-hybridized carbons (Fsp3) is 0.176. The molecule has 0 radical (unpaired) electrons. The van der Waals surface area contributed by atoms with Crippen molar-refractivity contribution in [3.05, 3.63) is 59.5 Å². The number of rotatable bonds is 5. The molecule has 0 saturated heterocycles. The summed E-state index contributed by atoms with van der Waals surface area (Å²) in [5, 5.41) is 6.78. The standard InChI is InChI=1S/C17H18N4O3S/c1-11-4-5-12(2)15(8-11)25(22,23)21-14-6-7-16(18-10-14)19-17-9-13(3)24-20-17/h4-10,21H,1-3H3,(H,18,19,20). The molecule has 0 bridgehead atoms. The third-order valence-corrected chi connectivity index (χ3v) is 5.06. The fourth-order valence-corrected chi connectivity index (χ4v) is 3.67. The SMILES string of the molecule is Cc1ccc(C)c(S(=O)(=O)Nc2ccc(Nc3cc(C)on3)nc2)c1. The largest absolute Gasteiger partial charge is 0.360 e. The van der Waals surface area contributed by atoms with E-state index in [2.05, 4.69) is 20.2 Å². The second-order valence-electron chi connectivity index (χ2n) is 5.75. The Morgan fingerprint density at radius 2 is 1.80 bits per heavy atom. The minimum absolute atomic E-state index is 0.257. The van der Waals surface area contributed by atoms with E-state index in [1.54, 1.807) is 44.2 Å². The van der Waals surface area contributed by atoms with Crippen molar-refractivity contribution in [2.24, 2.45) is 0 Å². The van der Waals surface area contributed by atoms with E-state index in [4.69, 9.17) is 4.52 Å². The summed E-state index contributed by atoms with van der Waals surface area (Å²) in [5.74, 6) is 1.75. The molecule has 0 aliphatic heterocycles. The molecule has 0 atom stereocenters. The van der Waals surface area contributed by atoms with Crippen LogP contribution < -0.4 is 10.0 Å². The number of hydrogen-bond acceptors (Lipinski definition) is 6. The van der Waals surface area contributed by atoms with Crippen LogP contribution in [-0.2, 0) is 10.0 Å². The van der Waals surface area contributed by atoms with Crippen molar-refractivity contribution in [2.75, 3.05) is 10.0 Å². The van der Waals surface area contributed by atoms with Crippen molar-refractivity contribution in [2.45, 2.75) is 25.7 Å². The first-order valence-corrected chi connectivity index (χ1v) is 9.08. The van der Waals surface area contributed by atoms with Crippen molar-refractivity contribution in [1.82, 2.24) is 10.1 Å². The van der Waals surface area contributed by atoms with E-state index >= 15 is 0 Å². The van der Waals surface area contributed by atoms with Crippen LogP contribution in [0.15, 0.2) is 52.0 Å². The number of benzene rings is 1. The lowest BCUT2D eigenvalue weighted by Crippen LogP contribution is -2.14. The minimum atomic E-state index is -3.67. The van der Waals surface area contributed by atoms with Gasteiger partial charge in [-0.15, -0.1) is 0 Å². The van der Waals surface area contributed by atoms with E-state index in [9.17, 15) is 8.42 Å². The quantitative estimate of drug-likeness (QED) is 0.724. The average Bonchev–Trinajstić information content (AvgIpc) is 2.96. The Balaban J connectivity index is 1.77. The first-order valence-electron chi connectivity index (χ1n) is 7.60. The van der Waals surface area contributed by atoms with Gasteiger partial charge in [0.05, 0.1) is 16.8 Å². The van der Waals surface area contributed by atoms with Crippen LogP contribution in [0.2, 0.25) is 0 Å². The first kappa shape index (κ1) is 17.0. The van der Waals surface area contributed by atoms with Crippen LogP contribution in [0, 0.1) is 20.8 Å². The van der Waals surface area contributed by atoms with Crippen LogP contribution in [0.5, 0.6) is 0 Å². The molecular formula is C17H18N4O3S. The van der Waals surface area contributed by atoms with Gasteiger partial charge in [-0.3, -0.25) is 4.72 Å². The van der Waals surface area contributed by atoms with Crippen molar-refractivity contribution >= 4 is 27.3 Å². The van der Waals surface area contributed by atoms with Crippen LogP contribution in [0.3, 0.4) is 0 Å². The van der Waals surface area contributed by atoms with E-state index in [0.29, 0.717) is 28.6 Å². The topological polar surface area (TPSA) is 97.1 Å². The highest BCUT2D eigenvalue weighted by molar-refractivity contribution is 7.92. The molecule has 0 aliphatic rings. The summed E-state index contributed by atoms with van der Waals surface area (Å²) in [4.78, 5) is 4.44. The molecule has 0 fully saturated rings. The molecule has 7 nitrogen and oxygen atoms in total. The number of hydrogen-bond donors (Lipinski definition) is 2. The number of nitrogens with zero attached hydrogens (tertiary/aromatic N) is 2. The molecule has 3 aromatic rings. The van der Waals surface area contributed by atoms with Crippen LogP contribution in [0.1, 0.15) is 16.9 Å². The van der Waals surface area contributed by atoms with E-state index in [-0.39, 0.29) is 4.90 Å². The fourth-order valence-electron chi connectivity index (χ4n) is 2.29. The lowest BCUT2D eigenvalue weighted by atomic mass is 10.2. The Kier molecular flexibility index (Phi) is 4.45. The molecule has 25 heavy (non-hydrogen) atoms. The highest BCUT2D eigenvalue weighted by Crippen LogP contribution is 2.21. The second kappa shape index (κ2) is 6.56. The van der Waals surface area contributed by atoms with Gasteiger partial charge in [0, 0.05) is 6.07 Å². The van der Waals surface area contributed by atoms with Crippen LogP contribution >= 0.6 is 0 Å². The maximum atomic E-state index is 12.6. The summed E-state index contributed by atoms with van der Waals surface area (Å²) in [6.07, 6.45) is 1.44. The van der Waals surface area contributed by atoms with Gasteiger partial charge in [-0.05, 0) is 50.1 Å². The number of pyridine rings is 1. The molecule has 2 aromatic heterocycles. The summed E-state index contributed by atoms with van der Waals surface area (Å²) in [5.41, 5.74) is 1.94. The molecule has 2 N–H and O–H groups in total. The number of anilines is 3. The molecule has 0 spiro atoms. The van der Waals surface area contributed by atoms with Gasteiger partial charge in [0.25, 0.3) is 10.0 Å². The molecule has 1 aromatic carbocycles. The summed E-state index contributed by atoms with van der Waals surface area (Å²) in [7, 11) is -3.67. The van der Waals surface area contributed by atoms with Crippen molar-refractivity contribution in [3.8, 4) is 0 Å². The van der Waals surface area contributed by atoms with Gasteiger partial charge in [-0.25, -0.2) is 13.4 Å². The van der Waals surface area contributed by atoms with Gasteiger partial charge in [-0.2, -0.15) is 0 Å². The third-order valence-electron chi connectivity index (χ3n) is 3.53. The Morgan fingerprint density at radius 3 is 2.44 bits per heavy atom. The Bertz CT molecular complexity index is 995. The van der Waals surface area contributed by atoms with Gasteiger partial charge in [0.15, 0.2) is 5.82 Å². The van der Waals surface area contributed by atoms with Gasteiger partial charge in [0.1, 0.15) is 11.6 Å². The number of sulfonamides is 1. The van der Waals surface area contributed by atoms with Gasteiger partial charge < -0.3 is 9.84 Å². The molecule has 3 rings (SSSR count). The Labute approximate surface area is 146 Å². The molecule has 8 heteroatoms. The smallest absolute Gasteiger partial charge is 0.262 e.